The number of aromatic nitrogens is 2. The van der Waals surface area contributed by atoms with Gasteiger partial charge in [0.15, 0.2) is 0 Å². The Morgan fingerprint density at radius 2 is 1.93 bits per heavy atom. The van der Waals surface area contributed by atoms with Gasteiger partial charge in [0.1, 0.15) is 0 Å². The maximum absolute atomic E-state index is 12.6. The Labute approximate surface area is 168 Å². The number of imidazole rings is 1. The predicted molar refractivity (Wildman–Crippen MR) is 108 cm³/mol. The van der Waals surface area contributed by atoms with Crippen molar-refractivity contribution < 1.29 is 9.53 Å². The number of nitrogens with zero attached hydrogens (tertiary/aromatic N) is 5. The van der Waals surface area contributed by atoms with Crippen molar-refractivity contribution >= 4 is 5.91 Å². The Kier molecular flexibility index (Phi) is 6.04. The zero-order valence-electron chi connectivity index (χ0n) is 17.5. The molecule has 7 heteroatoms. The summed E-state index contributed by atoms with van der Waals surface area (Å²) in [5.74, 6) is 0.297. The van der Waals surface area contributed by atoms with Crippen LogP contribution in [0, 0.1) is 0 Å². The lowest BCUT2D eigenvalue weighted by molar-refractivity contribution is -0.134. The summed E-state index contributed by atoms with van der Waals surface area (Å²) in [6, 6.07) is 0.426. The van der Waals surface area contributed by atoms with Gasteiger partial charge in [-0.1, -0.05) is 0 Å². The largest absolute Gasteiger partial charge is 0.371 e. The van der Waals surface area contributed by atoms with E-state index < -0.39 is 0 Å². The van der Waals surface area contributed by atoms with E-state index in [4.69, 9.17) is 4.74 Å². The van der Waals surface area contributed by atoms with Gasteiger partial charge in [-0.15, -0.1) is 0 Å². The quantitative estimate of drug-likeness (QED) is 0.768. The van der Waals surface area contributed by atoms with Crippen LogP contribution in [0.5, 0.6) is 0 Å². The van der Waals surface area contributed by atoms with Crippen LogP contribution in [-0.4, -0.2) is 88.2 Å². The minimum absolute atomic E-state index is 0.122. The second-order valence-electron chi connectivity index (χ2n) is 9.03. The summed E-state index contributed by atoms with van der Waals surface area (Å²) in [5, 5.41) is 0. The zero-order valence-corrected chi connectivity index (χ0v) is 17.5. The van der Waals surface area contributed by atoms with E-state index in [1.807, 2.05) is 12.5 Å². The van der Waals surface area contributed by atoms with Gasteiger partial charge in [-0.2, -0.15) is 0 Å². The van der Waals surface area contributed by atoms with Crippen LogP contribution in [0.25, 0.3) is 0 Å². The number of rotatable bonds is 5. The van der Waals surface area contributed by atoms with Crippen molar-refractivity contribution in [2.75, 3.05) is 52.4 Å². The Balaban J connectivity index is 1.32. The molecule has 0 radical (unpaired) electrons. The van der Waals surface area contributed by atoms with Gasteiger partial charge in [-0.25, -0.2) is 4.98 Å². The van der Waals surface area contributed by atoms with E-state index in [2.05, 4.69) is 38.1 Å². The fourth-order valence-corrected chi connectivity index (χ4v) is 4.95. The van der Waals surface area contributed by atoms with Crippen molar-refractivity contribution in [1.82, 2.24) is 24.3 Å². The lowest BCUT2D eigenvalue weighted by Crippen LogP contribution is -2.53. The molecule has 1 aromatic rings. The molecule has 0 bridgehead atoms. The SMILES string of the molecule is CC(C)n1cncc1CN1CCOC2(CCN(CC(=O)N3CCCCC3)C2)C1. The third-order valence-corrected chi connectivity index (χ3v) is 6.48. The van der Waals surface area contributed by atoms with Crippen molar-refractivity contribution in [1.29, 1.82) is 0 Å². The van der Waals surface area contributed by atoms with Gasteiger partial charge in [0.2, 0.25) is 5.91 Å². The van der Waals surface area contributed by atoms with E-state index in [1.165, 1.54) is 12.1 Å². The standard InChI is InChI=1S/C21H35N5O2/c1-18(2)26-17-22-12-19(26)13-24-10-11-28-21(16-24)6-9-23(15-21)14-20(27)25-7-4-3-5-8-25/h12,17-18H,3-11,13-16H2,1-2H3. The number of carbonyl (C=O) groups excluding carboxylic acids is 1. The fraction of sp³-hybridized carbons (Fsp3) is 0.810. The minimum atomic E-state index is -0.122. The van der Waals surface area contributed by atoms with E-state index >= 15 is 0 Å². The number of hydrogen-bond donors (Lipinski definition) is 0. The molecular weight excluding hydrogens is 354 g/mol. The van der Waals surface area contributed by atoms with Gasteiger partial charge in [-0.05, 0) is 39.5 Å². The topological polar surface area (TPSA) is 53.8 Å². The Bertz CT molecular complexity index is 670. The van der Waals surface area contributed by atoms with E-state index in [-0.39, 0.29) is 5.60 Å². The molecule has 7 nitrogen and oxygen atoms in total. The Morgan fingerprint density at radius 1 is 1.14 bits per heavy atom. The molecule has 3 saturated heterocycles. The van der Waals surface area contributed by atoms with E-state index in [9.17, 15) is 4.79 Å². The second kappa shape index (κ2) is 8.51. The Hall–Kier alpha value is -1.44. The van der Waals surface area contributed by atoms with E-state index in [1.54, 1.807) is 0 Å². The second-order valence-corrected chi connectivity index (χ2v) is 9.03. The zero-order chi connectivity index (χ0) is 19.6. The molecular formula is C21H35N5O2. The number of piperidine rings is 1. The van der Waals surface area contributed by atoms with Crippen molar-refractivity contribution in [2.45, 2.75) is 57.7 Å². The molecule has 156 valence electrons. The molecule has 1 unspecified atom stereocenters. The normalized spacial score (nSPS) is 27.2. The summed E-state index contributed by atoms with van der Waals surface area (Å²) in [6.07, 6.45) is 8.50. The van der Waals surface area contributed by atoms with Gasteiger partial charge in [-0.3, -0.25) is 14.6 Å². The molecule has 28 heavy (non-hydrogen) atoms. The van der Waals surface area contributed by atoms with Gasteiger partial charge < -0.3 is 14.2 Å². The molecule has 3 fully saturated rings. The highest BCUT2D eigenvalue weighted by atomic mass is 16.5. The first-order valence-electron chi connectivity index (χ1n) is 10.9. The van der Waals surface area contributed by atoms with Crippen molar-refractivity contribution in [3.05, 3.63) is 18.2 Å². The molecule has 4 rings (SSSR count). The third kappa shape index (κ3) is 4.42. The molecule has 1 aromatic heterocycles. The molecule has 1 amide bonds. The maximum atomic E-state index is 12.6. The highest BCUT2D eigenvalue weighted by molar-refractivity contribution is 5.78. The molecule has 4 heterocycles. The average Bonchev–Trinajstić information content (AvgIpc) is 3.30. The van der Waals surface area contributed by atoms with Crippen molar-refractivity contribution in [3.8, 4) is 0 Å². The van der Waals surface area contributed by atoms with Crippen LogP contribution >= 0.6 is 0 Å². The molecule has 0 aromatic carbocycles. The van der Waals surface area contributed by atoms with E-state index in [0.29, 0.717) is 18.5 Å². The smallest absolute Gasteiger partial charge is 0.236 e. The number of morpholine rings is 1. The van der Waals surface area contributed by atoms with Crippen LogP contribution in [0.3, 0.4) is 0 Å². The first-order valence-corrected chi connectivity index (χ1v) is 10.9. The summed E-state index contributed by atoms with van der Waals surface area (Å²) in [7, 11) is 0. The number of ether oxygens (including phenoxy) is 1. The summed E-state index contributed by atoms with van der Waals surface area (Å²) in [4.78, 5) is 23.8. The van der Waals surface area contributed by atoms with Crippen molar-refractivity contribution in [2.24, 2.45) is 0 Å². The molecule has 0 N–H and O–H groups in total. The van der Waals surface area contributed by atoms with Crippen LogP contribution in [-0.2, 0) is 16.1 Å². The van der Waals surface area contributed by atoms with Crippen molar-refractivity contribution in [3.63, 3.8) is 0 Å². The number of carbonyl (C=O) groups is 1. The first-order chi connectivity index (χ1) is 13.5. The Morgan fingerprint density at radius 3 is 2.71 bits per heavy atom. The molecule has 3 aliphatic rings. The summed E-state index contributed by atoms with van der Waals surface area (Å²) < 4.78 is 8.53. The third-order valence-electron chi connectivity index (χ3n) is 6.48. The van der Waals surface area contributed by atoms with Crippen LogP contribution in [0.2, 0.25) is 0 Å². The molecule has 0 aliphatic carbocycles. The molecule has 3 aliphatic heterocycles. The first kappa shape index (κ1) is 19.9. The van der Waals surface area contributed by atoms with Crippen LogP contribution in [0.4, 0.5) is 0 Å². The van der Waals surface area contributed by atoms with Crippen LogP contribution in [0.1, 0.15) is 51.3 Å². The summed E-state index contributed by atoms with van der Waals surface area (Å²) in [6.45, 7) is 12.2. The molecule has 1 spiro atoms. The molecule has 1 atom stereocenters. The average molecular weight is 390 g/mol. The lowest BCUT2D eigenvalue weighted by atomic mass is 10.0. The van der Waals surface area contributed by atoms with Crippen LogP contribution in [0.15, 0.2) is 12.5 Å². The summed E-state index contributed by atoms with van der Waals surface area (Å²) >= 11 is 0. The van der Waals surface area contributed by atoms with Crippen LogP contribution < -0.4 is 0 Å². The minimum Gasteiger partial charge on any atom is -0.371 e. The van der Waals surface area contributed by atoms with Gasteiger partial charge in [0, 0.05) is 58.1 Å². The van der Waals surface area contributed by atoms with Gasteiger partial charge in [0.05, 0.1) is 30.8 Å². The number of amides is 1. The number of hydrogen-bond acceptors (Lipinski definition) is 5. The highest BCUT2D eigenvalue weighted by Gasteiger charge is 2.43. The van der Waals surface area contributed by atoms with Gasteiger partial charge >= 0.3 is 0 Å². The predicted octanol–water partition coefficient (Wildman–Crippen LogP) is 1.75. The lowest BCUT2D eigenvalue weighted by Gasteiger charge is -2.40. The monoisotopic (exact) mass is 389 g/mol. The molecule has 0 saturated carbocycles. The maximum Gasteiger partial charge on any atom is 0.236 e. The van der Waals surface area contributed by atoms with E-state index in [0.717, 1.165) is 71.7 Å². The van der Waals surface area contributed by atoms with Gasteiger partial charge in [0.25, 0.3) is 0 Å². The summed E-state index contributed by atoms with van der Waals surface area (Å²) in [5.41, 5.74) is 1.14. The highest BCUT2D eigenvalue weighted by Crippen LogP contribution is 2.30. The number of likely N-dealkylation sites (tertiary alicyclic amines) is 2. The fourth-order valence-electron chi connectivity index (χ4n) is 4.95.